The second kappa shape index (κ2) is 6.09. The lowest BCUT2D eigenvalue weighted by atomic mass is 10.2. The van der Waals surface area contributed by atoms with E-state index in [1.54, 1.807) is 35.1 Å². The second-order valence-corrected chi connectivity index (χ2v) is 7.46. The highest BCUT2D eigenvalue weighted by atomic mass is 27.2. The van der Waals surface area contributed by atoms with Crippen molar-refractivity contribution in [3.05, 3.63) is 0 Å². The Hall–Kier alpha value is 0.532. The van der Waals surface area contributed by atoms with Gasteiger partial charge in [0.05, 0.1) is 0 Å². The van der Waals surface area contributed by atoms with Crippen molar-refractivity contribution in [2.24, 2.45) is 0 Å². The van der Waals surface area contributed by atoms with Crippen LogP contribution >= 0.6 is 0 Å². The zero-order valence-electron chi connectivity index (χ0n) is 7.94. The van der Waals surface area contributed by atoms with Gasteiger partial charge in [-0.05, 0) is 0 Å². The smallest absolute Gasteiger partial charge is 0.0939 e. The van der Waals surface area contributed by atoms with Gasteiger partial charge < -0.3 is 0 Å². The monoisotopic (exact) mass is 168 g/mol. The summed E-state index contributed by atoms with van der Waals surface area (Å²) in [6, 6.07) is 0. The molecule has 0 aromatic carbocycles. The Kier molecular flexibility index (Phi) is 5.33. The molecule has 0 radical (unpaired) electrons. The molecule has 0 unspecified atom stereocenters. The summed E-state index contributed by atoms with van der Waals surface area (Å²) in [5.41, 5.74) is 0. The summed E-state index contributed by atoms with van der Waals surface area (Å²) in [6.45, 7) is 2.30. The molecule has 1 aliphatic heterocycles. The molecule has 0 saturated carbocycles. The lowest BCUT2D eigenvalue weighted by molar-refractivity contribution is 0.698. The van der Waals surface area contributed by atoms with Crippen molar-refractivity contribution in [2.45, 2.75) is 61.3 Å². The van der Waals surface area contributed by atoms with Gasteiger partial charge in [-0.25, -0.2) is 0 Å². The van der Waals surface area contributed by atoms with E-state index in [4.69, 9.17) is 0 Å². The van der Waals surface area contributed by atoms with Gasteiger partial charge in [-0.3, -0.25) is 0 Å². The van der Waals surface area contributed by atoms with Gasteiger partial charge in [-0.1, -0.05) is 61.3 Å². The Bertz CT molecular complexity index is 84.9. The first-order valence-corrected chi connectivity index (χ1v) is 7.88. The quantitative estimate of drug-likeness (QED) is 0.432. The number of unbranched alkanes of at least 4 members (excludes halogenated alkanes) is 3. The van der Waals surface area contributed by atoms with Crippen LogP contribution in [0.3, 0.4) is 0 Å². The maximum Gasteiger partial charge on any atom is 0.261 e. The molecule has 0 amide bonds. The van der Waals surface area contributed by atoms with Gasteiger partial charge in [0.15, 0.2) is 0 Å². The molecule has 11 heavy (non-hydrogen) atoms. The number of hydrogen-bond donors (Lipinski definition) is 0. The molecular weight excluding hydrogens is 147 g/mol. The van der Waals surface area contributed by atoms with E-state index >= 15 is 0 Å². The SMILES string of the molecule is CCCCC[CH2][Al]1[CH2]CC[CH2]1. The van der Waals surface area contributed by atoms with E-state index in [0.29, 0.717) is 0 Å². The first kappa shape index (κ1) is 9.62. The highest BCUT2D eigenvalue weighted by Gasteiger charge is 2.20. The van der Waals surface area contributed by atoms with Crippen LogP contribution in [0.25, 0.3) is 0 Å². The van der Waals surface area contributed by atoms with E-state index in [1.165, 1.54) is 19.3 Å². The van der Waals surface area contributed by atoms with Crippen LogP contribution in [0, 0.1) is 0 Å². The van der Waals surface area contributed by atoms with Crippen molar-refractivity contribution in [3.63, 3.8) is 0 Å². The number of rotatable bonds is 5. The molecule has 0 aliphatic carbocycles. The highest BCUT2D eigenvalue weighted by Crippen LogP contribution is 2.23. The molecule has 64 valence electrons. The highest BCUT2D eigenvalue weighted by molar-refractivity contribution is 6.59. The summed E-state index contributed by atoms with van der Waals surface area (Å²) in [5, 5.41) is 5.01. The molecule has 1 fully saturated rings. The summed E-state index contributed by atoms with van der Waals surface area (Å²) in [7, 11) is 0. The van der Waals surface area contributed by atoms with Gasteiger partial charge in [0, 0.05) is 0 Å². The molecule has 1 aliphatic rings. The van der Waals surface area contributed by atoms with Crippen LogP contribution in [0.15, 0.2) is 0 Å². The van der Waals surface area contributed by atoms with Crippen molar-refractivity contribution in [1.29, 1.82) is 0 Å². The zero-order chi connectivity index (χ0) is 7.94. The Morgan fingerprint density at radius 2 is 1.73 bits per heavy atom. The van der Waals surface area contributed by atoms with Gasteiger partial charge in [-0.2, -0.15) is 0 Å². The van der Waals surface area contributed by atoms with Crippen LogP contribution in [0.5, 0.6) is 0 Å². The maximum absolute atomic E-state index is 2.30. The predicted octanol–water partition coefficient (Wildman–Crippen LogP) is 3.86. The van der Waals surface area contributed by atoms with Crippen LogP contribution in [0.1, 0.15) is 45.4 Å². The topological polar surface area (TPSA) is 0 Å². The molecule has 0 spiro atoms. The fourth-order valence-electron chi connectivity index (χ4n) is 2.16. The molecule has 0 N–H and O–H groups in total. The third-order valence-corrected chi connectivity index (χ3v) is 6.61. The molecule has 1 saturated heterocycles. The van der Waals surface area contributed by atoms with Crippen LogP contribution in [0.4, 0.5) is 0 Å². The van der Waals surface area contributed by atoms with Gasteiger partial charge in [0.25, 0.3) is 14.1 Å². The normalized spacial score (nSPS) is 17.7. The molecule has 0 nitrogen and oxygen atoms in total. The molecule has 0 aromatic heterocycles. The van der Waals surface area contributed by atoms with Crippen molar-refractivity contribution in [3.8, 4) is 0 Å². The first-order valence-electron chi connectivity index (χ1n) is 5.43. The fraction of sp³-hybridized carbons (Fsp3) is 1.00. The van der Waals surface area contributed by atoms with Crippen molar-refractivity contribution < 1.29 is 0 Å². The Morgan fingerprint density at radius 3 is 2.36 bits per heavy atom. The summed E-state index contributed by atoms with van der Waals surface area (Å²) in [5.74, 6) is 0. The van der Waals surface area contributed by atoms with E-state index in [1.807, 2.05) is 0 Å². The fourth-order valence-corrected chi connectivity index (χ4v) is 5.62. The largest absolute Gasteiger partial charge is 0.261 e. The van der Waals surface area contributed by atoms with Crippen molar-refractivity contribution >= 4 is 14.1 Å². The van der Waals surface area contributed by atoms with Crippen molar-refractivity contribution in [2.75, 3.05) is 0 Å². The maximum atomic E-state index is 2.30. The summed E-state index contributed by atoms with van der Waals surface area (Å²) >= 11 is -0.124. The second-order valence-electron chi connectivity index (χ2n) is 4.00. The lowest BCUT2D eigenvalue weighted by Gasteiger charge is -2.01. The molecular formula is C10H21Al. The van der Waals surface area contributed by atoms with E-state index in [0.717, 1.165) is 0 Å². The van der Waals surface area contributed by atoms with E-state index in [2.05, 4.69) is 6.92 Å². The van der Waals surface area contributed by atoms with Gasteiger partial charge in [0.1, 0.15) is 0 Å². The van der Waals surface area contributed by atoms with Gasteiger partial charge in [-0.15, -0.1) is 0 Å². The Morgan fingerprint density at radius 1 is 1.00 bits per heavy atom. The lowest BCUT2D eigenvalue weighted by Crippen LogP contribution is -2.04. The Labute approximate surface area is 75.8 Å². The summed E-state index contributed by atoms with van der Waals surface area (Å²) in [6.07, 6.45) is 9.09. The third-order valence-electron chi connectivity index (χ3n) is 2.94. The van der Waals surface area contributed by atoms with Gasteiger partial charge >= 0.3 is 0 Å². The average Bonchev–Trinajstić information content (AvgIpc) is 2.50. The summed E-state index contributed by atoms with van der Waals surface area (Å²) < 4.78 is 0. The first-order chi connectivity index (χ1) is 5.43. The molecule has 1 heterocycles. The van der Waals surface area contributed by atoms with E-state index in [-0.39, 0.29) is 14.1 Å². The molecule has 0 bridgehead atoms. The summed E-state index contributed by atoms with van der Waals surface area (Å²) in [4.78, 5) is 0. The number of hydrogen-bond acceptors (Lipinski definition) is 0. The van der Waals surface area contributed by atoms with Crippen molar-refractivity contribution in [1.82, 2.24) is 0 Å². The van der Waals surface area contributed by atoms with E-state index in [9.17, 15) is 0 Å². The average molecular weight is 168 g/mol. The van der Waals surface area contributed by atoms with Gasteiger partial charge in [0.2, 0.25) is 0 Å². The van der Waals surface area contributed by atoms with Crippen LogP contribution in [-0.2, 0) is 0 Å². The van der Waals surface area contributed by atoms with Crippen LogP contribution in [0.2, 0.25) is 15.8 Å². The molecule has 1 heteroatoms. The molecule has 0 aromatic rings. The minimum absolute atomic E-state index is 0.124. The molecule has 1 rings (SSSR count). The Balaban J connectivity index is 1.86. The predicted molar refractivity (Wildman–Crippen MR) is 53.6 cm³/mol. The zero-order valence-corrected chi connectivity index (χ0v) is 9.10. The van der Waals surface area contributed by atoms with Crippen LogP contribution < -0.4 is 0 Å². The standard InChI is InChI=1S/C6H13.C4H8.Al/c1-3-5-6-4-2;1-3-4-2;/h1,3-6H2,2H3;1-4H2;. The van der Waals surface area contributed by atoms with E-state index < -0.39 is 0 Å². The third kappa shape index (κ3) is 4.19. The van der Waals surface area contributed by atoms with Crippen LogP contribution in [-0.4, -0.2) is 14.1 Å². The minimum atomic E-state index is -0.124. The molecule has 0 atom stereocenters. The minimum Gasteiger partial charge on any atom is -0.0939 e.